The van der Waals surface area contributed by atoms with Crippen LogP contribution in [0.4, 0.5) is 0 Å². The summed E-state index contributed by atoms with van der Waals surface area (Å²) in [5, 5.41) is 17.3. The minimum Gasteiger partial charge on any atom is -0.481 e. The molecule has 1 aliphatic rings. The average Bonchev–Trinajstić information content (AvgIpc) is 2.85. The average molecular weight is 255 g/mol. The number of carbonyl (C=O) groups is 1. The molecule has 1 fully saturated rings. The Labute approximate surface area is 105 Å². The summed E-state index contributed by atoms with van der Waals surface area (Å²) >= 11 is 1.24. The van der Waals surface area contributed by atoms with Crippen molar-refractivity contribution in [1.82, 2.24) is 14.8 Å². The van der Waals surface area contributed by atoms with Crippen LogP contribution < -0.4 is 0 Å². The van der Waals surface area contributed by atoms with Gasteiger partial charge in [-0.05, 0) is 24.7 Å². The van der Waals surface area contributed by atoms with Gasteiger partial charge in [0.25, 0.3) is 0 Å². The topological polar surface area (TPSA) is 68.0 Å². The van der Waals surface area contributed by atoms with E-state index in [9.17, 15) is 4.79 Å². The second-order valence-corrected chi connectivity index (χ2v) is 5.63. The van der Waals surface area contributed by atoms with Gasteiger partial charge in [-0.1, -0.05) is 25.6 Å². The highest BCUT2D eigenvalue weighted by Gasteiger charge is 2.32. The van der Waals surface area contributed by atoms with Crippen LogP contribution in [0.3, 0.4) is 0 Å². The number of hydrogen-bond donors (Lipinski definition) is 1. The quantitative estimate of drug-likeness (QED) is 0.834. The lowest BCUT2D eigenvalue weighted by molar-refractivity contribution is -0.133. The third-order valence-electron chi connectivity index (χ3n) is 3.64. The molecule has 3 unspecified atom stereocenters. The molecule has 0 bridgehead atoms. The summed E-state index contributed by atoms with van der Waals surface area (Å²) in [7, 11) is 0. The van der Waals surface area contributed by atoms with E-state index in [1.165, 1.54) is 18.2 Å². The van der Waals surface area contributed by atoms with Crippen LogP contribution in [0.15, 0.2) is 11.5 Å². The van der Waals surface area contributed by atoms with Gasteiger partial charge in [0, 0.05) is 6.04 Å². The van der Waals surface area contributed by atoms with E-state index in [-0.39, 0.29) is 5.75 Å². The number of rotatable bonds is 4. The summed E-state index contributed by atoms with van der Waals surface area (Å²) in [5.41, 5.74) is 0. The van der Waals surface area contributed by atoms with Crippen molar-refractivity contribution in [1.29, 1.82) is 0 Å². The molecule has 1 aromatic rings. The van der Waals surface area contributed by atoms with Gasteiger partial charge in [-0.3, -0.25) is 4.79 Å². The van der Waals surface area contributed by atoms with E-state index in [2.05, 4.69) is 24.0 Å². The SMILES string of the molecule is CC1CCC(n2cnnc2SCC(=O)O)C1C. The van der Waals surface area contributed by atoms with Gasteiger partial charge in [0.05, 0.1) is 5.75 Å². The molecule has 1 heterocycles. The first-order valence-electron chi connectivity index (χ1n) is 5.83. The number of aliphatic carboxylic acids is 1. The Morgan fingerprint density at radius 3 is 2.94 bits per heavy atom. The first-order chi connectivity index (χ1) is 8.09. The summed E-state index contributed by atoms with van der Waals surface area (Å²) in [4.78, 5) is 10.6. The maximum absolute atomic E-state index is 10.6. The fourth-order valence-corrected chi connectivity index (χ4v) is 3.11. The molecule has 5 nitrogen and oxygen atoms in total. The number of aromatic nitrogens is 3. The molecule has 1 saturated carbocycles. The van der Waals surface area contributed by atoms with Crippen molar-refractivity contribution in [3.8, 4) is 0 Å². The van der Waals surface area contributed by atoms with Crippen molar-refractivity contribution in [3.05, 3.63) is 6.33 Å². The maximum Gasteiger partial charge on any atom is 0.313 e. The van der Waals surface area contributed by atoms with Crippen LogP contribution in [-0.2, 0) is 4.79 Å². The summed E-state index contributed by atoms with van der Waals surface area (Å²) in [6, 6.07) is 0.413. The summed E-state index contributed by atoms with van der Waals surface area (Å²) in [6.45, 7) is 4.51. The van der Waals surface area contributed by atoms with Gasteiger partial charge in [0.2, 0.25) is 0 Å². The number of thioether (sulfide) groups is 1. The smallest absolute Gasteiger partial charge is 0.313 e. The third kappa shape index (κ3) is 2.62. The van der Waals surface area contributed by atoms with Crippen LogP contribution >= 0.6 is 11.8 Å². The van der Waals surface area contributed by atoms with Gasteiger partial charge < -0.3 is 9.67 Å². The maximum atomic E-state index is 10.6. The number of nitrogens with zero attached hydrogens (tertiary/aromatic N) is 3. The molecular formula is C11H17N3O2S. The molecule has 0 radical (unpaired) electrons. The molecule has 0 aliphatic heterocycles. The lowest BCUT2D eigenvalue weighted by Crippen LogP contribution is -2.15. The van der Waals surface area contributed by atoms with Crippen molar-refractivity contribution in [3.63, 3.8) is 0 Å². The van der Waals surface area contributed by atoms with Crippen molar-refractivity contribution in [2.45, 2.75) is 37.9 Å². The van der Waals surface area contributed by atoms with E-state index in [0.29, 0.717) is 17.9 Å². The Morgan fingerprint density at radius 1 is 1.59 bits per heavy atom. The van der Waals surface area contributed by atoms with Gasteiger partial charge in [0.15, 0.2) is 5.16 Å². The van der Waals surface area contributed by atoms with E-state index >= 15 is 0 Å². The van der Waals surface area contributed by atoms with E-state index in [1.807, 2.05) is 4.57 Å². The normalized spacial score (nSPS) is 28.5. The standard InChI is InChI=1S/C11H17N3O2S/c1-7-3-4-9(8(7)2)14-6-12-13-11(14)17-5-10(15)16/h6-9H,3-5H2,1-2H3,(H,15,16). The van der Waals surface area contributed by atoms with Crippen LogP contribution in [0.2, 0.25) is 0 Å². The van der Waals surface area contributed by atoms with E-state index in [1.54, 1.807) is 6.33 Å². The van der Waals surface area contributed by atoms with Gasteiger partial charge in [-0.25, -0.2) is 0 Å². The van der Waals surface area contributed by atoms with Crippen LogP contribution in [0.25, 0.3) is 0 Å². The largest absolute Gasteiger partial charge is 0.481 e. The number of hydrogen-bond acceptors (Lipinski definition) is 4. The lowest BCUT2D eigenvalue weighted by Gasteiger charge is -2.20. The fourth-order valence-electron chi connectivity index (χ4n) is 2.42. The molecule has 0 amide bonds. The monoisotopic (exact) mass is 255 g/mol. The Hall–Kier alpha value is -1.04. The highest BCUT2D eigenvalue weighted by molar-refractivity contribution is 7.99. The molecule has 17 heavy (non-hydrogen) atoms. The Bertz CT molecular complexity index is 407. The van der Waals surface area contributed by atoms with Crippen LogP contribution in [0.1, 0.15) is 32.7 Å². The number of carboxylic acids is 1. The molecule has 3 atom stereocenters. The molecule has 0 saturated heterocycles. The third-order valence-corrected chi connectivity index (χ3v) is 4.59. The Kier molecular flexibility index (Phi) is 3.71. The molecule has 1 aliphatic carbocycles. The fraction of sp³-hybridized carbons (Fsp3) is 0.727. The van der Waals surface area contributed by atoms with Crippen LogP contribution in [0, 0.1) is 11.8 Å². The van der Waals surface area contributed by atoms with Gasteiger partial charge in [-0.15, -0.1) is 10.2 Å². The molecule has 1 N–H and O–H groups in total. The van der Waals surface area contributed by atoms with Crippen molar-refractivity contribution >= 4 is 17.7 Å². The summed E-state index contributed by atoms with van der Waals surface area (Å²) in [5.74, 6) is 0.516. The van der Waals surface area contributed by atoms with E-state index in [0.717, 1.165) is 11.6 Å². The summed E-state index contributed by atoms with van der Waals surface area (Å²) in [6.07, 6.45) is 4.07. The van der Waals surface area contributed by atoms with Crippen molar-refractivity contribution in [2.24, 2.45) is 11.8 Å². The molecule has 94 valence electrons. The highest BCUT2D eigenvalue weighted by atomic mass is 32.2. The minimum absolute atomic E-state index is 0.0371. The number of carboxylic acid groups (broad SMARTS) is 1. The van der Waals surface area contributed by atoms with E-state index < -0.39 is 5.97 Å². The molecular weight excluding hydrogens is 238 g/mol. The molecule has 2 rings (SSSR count). The van der Waals surface area contributed by atoms with Gasteiger partial charge in [-0.2, -0.15) is 0 Å². The molecule has 0 aromatic carbocycles. The lowest BCUT2D eigenvalue weighted by atomic mass is 9.98. The zero-order chi connectivity index (χ0) is 12.4. The second-order valence-electron chi connectivity index (χ2n) is 4.68. The van der Waals surface area contributed by atoms with Gasteiger partial charge >= 0.3 is 5.97 Å². The van der Waals surface area contributed by atoms with Crippen LogP contribution in [-0.4, -0.2) is 31.6 Å². The molecule has 1 aromatic heterocycles. The zero-order valence-electron chi connectivity index (χ0n) is 10.0. The summed E-state index contributed by atoms with van der Waals surface area (Å²) < 4.78 is 2.04. The zero-order valence-corrected chi connectivity index (χ0v) is 10.9. The second kappa shape index (κ2) is 5.08. The first kappa shape index (κ1) is 12.4. The Balaban J connectivity index is 2.11. The molecule has 0 spiro atoms. The van der Waals surface area contributed by atoms with Crippen molar-refractivity contribution in [2.75, 3.05) is 5.75 Å². The van der Waals surface area contributed by atoms with E-state index in [4.69, 9.17) is 5.11 Å². The predicted octanol–water partition coefficient (Wildman–Crippen LogP) is 2.06. The van der Waals surface area contributed by atoms with Crippen molar-refractivity contribution < 1.29 is 9.90 Å². The molecule has 6 heteroatoms. The Morgan fingerprint density at radius 2 is 2.35 bits per heavy atom. The first-order valence-corrected chi connectivity index (χ1v) is 6.82. The predicted molar refractivity (Wildman–Crippen MR) is 65.0 cm³/mol. The van der Waals surface area contributed by atoms with Gasteiger partial charge in [0.1, 0.15) is 6.33 Å². The minimum atomic E-state index is -0.822. The highest BCUT2D eigenvalue weighted by Crippen LogP contribution is 2.41. The van der Waals surface area contributed by atoms with Crippen LogP contribution in [0.5, 0.6) is 0 Å².